The number of carbonyl (C=O) groups is 2. The fourth-order valence-corrected chi connectivity index (χ4v) is 2.95. The number of amides is 1. The molecule has 7 nitrogen and oxygen atoms in total. The van der Waals surface area contributed by atoms with Gasteiger partial charge in [-0.25, -0.2) is 4.79 Å². The second-order valence-electron chi connectivity index (χ2n) is 6.69. The van der Waals surface area contributed by atoms with E-state index in [9.17, 15) is 14.7 Å². The molecule has 0 fully saturated rings. The van der Waals surface area contributed by atoms with E-state index in [2.05, 4.69) is 10.4 Å². The Morgan fingerprint density at radius 3 is 2.45 bits per heavy atom. The van der Waals surface area contributed by atoms with Crippen LogP contribution in [0.25, 0.3) is 0 Å². The Labute approximate surface area is 168 Å². The normalized spacial score (nSPS) is 10.6. The molecule has 0 spiro atoms. The Balaban J connectivity index is 1.53. The molecule has 2 aromatic carbocycles. The molecule has 0 unspecified atom stereocenters. The summed E-state index contributed by atoms with van der Waals surface area (Å²) in [6, 6.07) is 15.7. The molecular weight excluding hydrogens is 370 g/mol. The van der Waals surface area contributed by atoms with E-state index in [1.807, 2.05) is 48.9 Å². The lowest BCUT2D eigenvalue weighted by Crippen LogP contribution is -2.28. The van der Waals surface area contributed by atoms with E-state index in [1.54, 1.807) is 0 Å². The number of esters is 1. The molecule has 0 saturated carbocycles. The summed E-state index contributed by atoms with van der Waals surface area (Å²) in [4.78, 5) is 24.0. The molecule has 29 heavy (non-hydrogen) atoms. The minimum atomic E-state index is -0.622. The van der Waals surface area contributed by atoms with Crippen LogP contribution >= 0.6 is 0 Å². The second kappa shape index (κ2) is 9.05. The van der Waals surface area contributed by atoms with Crippen LogP contribution in [-0.4, -0.2) is 33.4 Å². The summed E-state index contributed by atoms with van der Waals surface area (Å²) >= 11 is 0. The largest absolute Gasteiger partial charge is 0.508 e. The number of phenolic OH excluding ortho intramolecular Hbond substituents is 1. The van der Waals surface area contributed by atoms with E-state index in [0.717, 1.165) is 22.5 Å². The molecule has 0 saturated heterocycles. The highest BCUT2D eigenvalue weighted by molar-refractivity contribution is 5.91. The minimum absolute atomic E-state index is 0.0536. The fraction of sp³-hybridized carbons (Fsp3) is 0.227. The number of nitrogens with one attached hydrogen (secondary N) is 1. The number of phenols is 1. The van der Waals surface area contributed by atoms with Crippen LogP contribution in [0.3, 0.4) is 0 Å². The van der Waals surface area contributed by atoms with Crippen LogP contribution in [-0.2, 0) is 22.6 Å². The van der Waals surface area contributed by atoms with Crippen molar-refractivity contribution in [3.05, 3.63) is 82.7 Å². The maximum absolute atomic E-state index is 12.1. The van der Waals surface area contributed by atoms with Gasteiger partial charge in [-0.05, 0) is 43.7 Å². The molecule has 1 amide bonds. The molecule has 3 aromatic rings. The van der Waals surface area contributed by atoms with Crippen molar-refractivity contribution in [2.75, 3.05) is 6.61 Å². The van der Waals surface area contributed by atoms with Gasteiger partial charge in [0.15, 0.2) is 6.61 Å². The Hall–Kier alpha value is -3.61. The van der Waals surface area contributed by atoms with E-state index in [0.29, 0.717) is 13.1 Å². The third-order valence-electron chi connectivity index (χ3n) is 4.61. The zero-order chi connectivity index (χ0) is 20.8. The third kappa shape index (κ3) is 5.22. The van der Waals surface area contributed by atoms with E-state index in [1.165, 1.54) is 24.3 Å². The number of nitrogens with zero attached hydrogens (tertiary/aromatic N) is 2. The number of benzene rings is 2. The predicted octanol–water partition coefficient (Wildman–Crippen LogP) is 2.73. The minimum Gasteiger partial charge on any atom is -0.508 e. The predicted molar refractivity (Wildman–Crippen MR) is 107 cm³/mol. The van der Waals surface area contributed by atoms with Crippen LogP contribution < -0.4 is 5.32 Å². The SMILES string of the molecule is Cc1nn(Cc2ccccc2)c(C)c1CNC(=O)COC(=O)c1ccc(O)cc1. The van der Waals surface area contributed by atoms with Crippen molar-refractivity contribution in [3.63, 3.8) is 0 Å². The van der Waals surface area contributed by atoms with Gasteiger partial charge in [0.05, 0.1) is 17.8 Å². The first-order valence-corrected chi connectivity index (χ1v) is 9.23. The number of hydrogen-bond donors (Lipinski definition) is 2. The zero-order valence-electron chi connectivity index (χ0n) is 16.4. The molecule has 1 heterocycles. The lowest BCUT2D eigenvalue weighted by Gasteiger charge is -2.08. The maximum Gasteiger partial charge on any atom is 0.338 e. The highest BCUT2D eigenvalue weighted by Crippen LogP contribution is 2.15. The standard InChI is InChI=1S/C22H23N3O4/c1-15-20(16(2)25(24-15)13-17-6-4-3-5-7-17)12-23-21(27)14-29-22(28)18-8-10-19(26)11-9-18/h3-11,26H,12-14H2,1-2H3,(H,23,27). The first kappa shape index (κ1) is 20.1. The van der Waals surface area contributed by atoms with Crippen LogP contribution in [0, 0.1) is 13.8 Å². The van der Waals surface area contributed by atoms with E-state index in [-0.39, 0.29) is 17.9 Å². The number of aryl methyl sites for hydroxylation is 1. The van der Waals surface area contributed by atoms with Crippen LogP contribution in [0.1, 0.15) is 32.9 Å². The summed E-state index contributed by atoms with van der Waals surface area (Å²) in [6.07, 6.45) is 0. The summed E-state index contributed by atoms with van der Waals surface area (Å²) in [5.74, 6) is -0.965. The van der Waals surface area contributed by atoms with Crippen LogP contribution in [0.15, 0.2) is 54.6 Å². The molecule has 1 aromatic heterocycles. The summed E-state index contributed by atoms with van der Waals surface area (Å²) in [7, 11) is 0. The molecule has 0 aliphatic heterocycles. The number of rotatable bonds is 7. The van der Waals surface area contributed by atoms with Gasteiger partial charge in [0.1, 0.15) is 5.75 Å². The van der Waals surface area contributed by atoms with Crippen molar-refractivity contribution in [2.24, 2.45) is 0 Å². The fourth-order valence-electron chi connectivity index (χ4n) is 2.95. The van der Waals surface area contributed by atoms with Crippen molar-refractivity contribution in [3.8, 4) is 5.75 Å². The van der Waals surface area contributed by atoms with Crippen molar-refractivity contribution in [1.29, 1.82) is 0 Å². The molecular formula is C22H23N3O4. The van der Waals surface area contributed by atoms with E-state index in [4.69, 9.17) is 4.74 Å². The Morgan fingerprint density at radius 2 is 1.76 bits per heavy atom. The smallest absolute Gasteiger partial charge is 0.338 e. The third-order valence-corrected chi connectivity index (χ3v) is 4.61. The van der Waals surface area contributed by atoms with Gasteiger partial charge in [0, 0.05) is 17.8 Å². The molecule has 0 aliphatic carbocycles. The number of aromatic nitrogens is 2. The van der Waals surface area contributed by atoms with Gasteiger partial charge in [0.2, 0.25) is 0 Å². The van der Waals surface area contributed by atoms with Gasteiger partial charge < -0.3 is 15.2 Å². The average molecular weight is 393 g/mol. The Morgan fingerprint density at radius 1 is 1.07 bits per heavy atom. The first-order chi connectivity index (χ1) is 13.9. The van der Waals surface area contributed by atoms with Gasteiger partial charge in [-0.3, -0.25) is 9.48 Å². The molecule has 7 heteroatoms. The van der Waals surface area contributed by atoms with Gasteiger partial charge in [-0.1, -0.05) is 30.3 Å². The summed E-state index contributed by atoms with van der Waals surface area (Å²) in [5.41, 5.74) is 4.19. The number of hydrogen-bond acceptors (Lipinski definition) is 5. The van der Waals surface area contributed by atoms with Crippen molar-refractivity contribution in [1.82, 2.24) is 15.1 Å². The quantitative estimate of drug-likeness (QED) is 0.602. The summed E-state index contributed by atoms with van der Waals surface area (Å²) in [6.45, 7) is 4.46. The van der Waals surface area contributed by atoms with Gasteiger partial charge in [-0.2, -0.15) is 5.10 Å². The number of aromatic hydroxyl groups is 1. The number of ether oxygens (including phenoxy) is 1. The van der Waals surface area contributed by atoms with Gasteiger partial charge >= 0.3 is 5.97 Å². The monoisotopic (exact) mass is 393 g/mol. The van der Waals surface area contributed by atoms with E-state index >= 15 is 0 Å². The Bertz CT molecular complexity index is 995. The van der Waals surface area contributed by atoms with Crippen molar-refractivity contribution >= 4 is 11.9 Å². The van der Waals surface area contributed by atoms with Crippen LogP contribution in [0.5, 0.6) is 5.75 Å². The van der Waals surface area contributed by atoms with Crippen molar-refractivity contribution in [2.45, 2.75) is 26.9 Å². The molecule has 3 rings (SSSR count). The molecule has 2 N–H and O–H groups in total. The topological polar surface area (TPSA) is 93.5 Å². The molecule has 150 valence electrons. The highest BCUT2D eigenvalue weighted by atomic mass is 16.5. The van der Waals surface area contributed by atoms with Crippen LogP contribution in [0.2, 0.25) is 0 Å². The molecule has 0 atom stereocenters. The summed E-state index contributed by atoms with van der Waals surface area (Å²) < 4.78 is 6.92. The number of carbonyl (C=O) groups excluding carboxylic acids is 2. The molecule has 0 bridgehead atoms. The maximum atomic E-state index is 12.1. The zero-order valence-corrected chi connectivity index (χ0v) is 16.4. The van der Waals surface area contributed by atoms with E-state index < -0.39 is 11.9 Å². The van der Waals surface area contributed by atoms with Gasteiger partial charge in [0.25, 0.3) is 5.91 Å². The van der Waals surface area contributed by atoms with Crippen molar-refractivity contribution < 1.29 is 19.4 Å². The molecule has 0 radical (unpaired) electrons. The van der Waals surface area contributed by atoms with Gasteiger partial charge in [-0.15, -0.1) is 0 Å². The highest BCUT2D eigenvalue weighted by Gasteiger charge is 2.14. The first-order valence-electron chi connectivity index (χ1n) is 9.23. The lowest BCUT2D eigenvalue weighted by molar-refractivity contribution is -0.124. The average Bonchev–Trinajstić information content (AvgIpc) is 2.98. The molecule has 0 aliphatic rings. The van der Waals surface area contributed by atoms with Crippen LogP contribution in [0.4, 0.5) is 0 Å². The second-order valence-corrected chi connectivity index (χ2v) is 6.69. The Kier molecular flexibility index (Phi) is 6.29. The lowest BCUT2D eigenvalue weighted by atomic mass is 10.2. The summed E-state index contributed by atoms with van der Waals surface area (Å²) in [5, 5.41) is 16.6.